The first-order chi connectivity index (χ1) is 9.33. The SMILES string of the molecule is CCOc1cc(CNC2CCNCC2)ccc1OC. The molecule has 2 rings (SSSR count). The summed E-state index contributed by atoms with van der Waals surface area (Å²) >= 11 is 0. The summed E-state index contributed by atoms with van der Waals surface area (Å²) in [5, 5.41) is 6.99. The minimum Gasteiger partial charge on any atom is -0.493 e. The average molecular weight is 264 g/mol. The van der Waals surface area contributed by atoms with Crippen LogP contribution in [0.15, 0.2) is 18.2 Å². The van der Waals surface area contributed by atoms with Gasteiger partial charge < -0.3 is 20.1 Å². The van der Waals surface area contributed by atoms with Crippen molar-refractivity contribution in [2.24, 2.45) is 0 Å². The minimum absolute atomic E-state index is 0.624. The van der Waals surface area contributed by atoms with Crippen molar-refractivity contribution in [3.63, 3.8) is 0 Å². The van der Waals surface area contributed by atoms with Crippen LogP contribution in [0.3, 0.4) is 0 Å². The van der Waals surface area contributed by atoms with E-state index in [-0.39, 0.29) is 0 Å². The second-order valence-corrected chi connectivity index (χ2v) is 4.82. The fraction of sp³-hybridized carbons (Fsp3) is 0.600. The van der Waals surface area contributed by atoms with E-state index >= 15 is 0 Å². The molecule has 0 bridgehead atoms. The van der Waals surface area contributed by atoms with Crippen LogP contribution in [0.25, 0.3) is 0 Å². The first-order valence-electron chi connectivity index (χ1n) is 7.07. The lowest BCUT2D eigenvalue weighted by Crippen LogP contribution is -2.39. The Morgan fingerprint density at radius 1 is 1.26 bits per heavy atom. The van der Waals surface area contributed by atoms with E-state index < -0.39 is 0 Å². The first-order valence-corrected chi connectivity index (χ1v) is 7.07. The van der Waals surface area contributed by atoms with Crippen molar-refractivity contribution >= 4 is 0 Å². The molecule has 1 saturated heterocycles. The zero-order valence-corrected chi connectivity index (χ0v) is 11.9. The molecule has 2 N–H and O–H groups in total. The number of ether oxygens (including phenoxy) is 2. The second-order valence-electron chi connectivity index (χ2n) is 4.82. The van der Waals surface area contributed by atoms with Gasteiger partial charge in [-0.25, -0.2) is 0 Å². The van der Waals surface area contributed by atoms with E-state index in [4.69, 9.17) is 9.47 Å². The van der Waals surface area contributed by atoms with E-state index in [1.807, 2.05) is 13.0 Å². The topological polar surface area (TPSA) is 42.5 Å². The number of methoxy groups -OCH3 is 1. The van der Waals surface area contributed by atoms with Crippen LogP contribution < -0.4 is 20.1 Å². The number of piperidine rings is 1. The molecule has 0 radical (unpaired) electrons. The molecule has 19 heavy (non-hydrogen) atoms. The molecule has 0 spiro atoms. The maximum Gasteiger partial charge on any atom is 0.161 e. The molecule has 0 saturated carbocycles. The highest BCUT2D eigenvalue weighted by atomic mass is 16.5. The number of nitrogens with one attached hydrogen (secondary N) is 2. The second kappa shape index (κ2) is 7.36. The van der Waals surface area contributed by atoms with Crippen LogP contribution in [0, 0.1) is 0 Å². The Bertz CT molecular complexity index is 390. The quantitative estimate of drug-likeness (QED) is 0.824. The lowest BCUT2D eigenvalue weighted by molar-refractivity contribution is 0.310. The fourth-order valence-corrected chi connectivity index (χ4v) is 2.39. The highest BCUT2D eigenvalue weighted by Gasteiger charge is 2.12. The zero-order chi connectivity index (χ0) is 13.5. The normalized spacial score (nSPS) is 16.3. The van der Waals surface area contributed by atoms with Crippen LogP contribution in [0.5, 0.6) is 11.5 Å². The molecule has 0 unspecified atom stereocenters. The molecule has 0 amide bonds. The summed E-state index contributed by atoms with van der Waals surface area (Å²) in [4.78, 5) is 0. The first kappa shape index (κ1) is 14.2. The molecule has 1 aromatic carbocycles. The van der Waals surface area contributed by atoms with E-state index in [0.29, 0.717) is 12.6 Å². The van der Waals surface area contributed by atoms with Crippen LogP contribution >= 0.6 is 0 Å². The van der Waals surface area contributed by atoms with Gasteiger partial charge in [0.05, 0.1) is 13.7 Å². The minimum atomic E-state index is 0.624. The summed E-state index contributed by atoms with van der Waals surface area (Å²) in [6.45, 7) is 5.75. The van der Waals surface area contributed by atoms with Gasteiger partial charge in [0.25, 0.3) is 0 Å². The summed E-state index contributed by atoms with van der Waals surface area (Å²) in [6.07, 6.45) is 2.41. The van der Waals surface area contributed by atoms with Crippen molar-refractivity contribution in [1.29, 1.82) is 0 Å². The van der Waals surface area contributed by atoms with E-state index in [2.05, 4.69) is 22.8 Å². The molecule has 0 aliphatic carbocycles. The number of hydrogen-bond donors (Lipinski definition) is 2. The molecule has 1 heterocycles. The molecule has 1 aromatic rings. The standard InChI is InChI=1S/C15H24N2O2/c1-3-19-15-10-12(4-5-14(15)18-2)11-17-13-6-8-16-9-7-13/h4-5,10,13,16-17H,3,6-9,11H2,1-2H3. The maximum absolute atomic E-state index is 5.60. The molecule has 0 atom stereocenters. The van der Waals surface area contributed by atoms with Gasteiger partial charge in [0, 0.05) is 12.6 Å². The van der Waals surface area contributed by atoms with E-state index in [0.717, 1.165) is 31.1 Å². The van der Waals surface area contributed by atoms with Gasteiger partial charge in [-0.2, -0.15) is 0 Å². The molecule has 0 aromatic heterocycles. The summed E-state index contributed by atoms with van der Waals surface area (Å²) in [5.74, 6) is 1.63. The molecule has 1 aliphatic rings. The summed E-state index contributed by atoms with van der Waals surface area (Å²) in [5.41, 5.74) is 1.24. The maximum atomic E-state index is 5.60. The van der Waals surface area contributed by atoms with Gasteiger partial charge in [-0.3, -0.25) is 0 Å². The van der Waals surface area contributed by atoms with Crippen molar-refractivity contribution in [1.82, 2.24) is 10.6 Å². The fourth-order valence-electron chi connectivity index (χ4n) is 2.39. The molecular weight excluding hydrogens is 240 g/mol. The number of rotatable bonds is 6. The Labute approximate surface area is 115 Å². The van der Waals surface area contributed by atoms with Crippen LogP contribution in [0.2, 0.25) is 0 Å². The van der Waals surface area contributed by atoms with Crippen molar-refractivity contribution in [2.75, 3.05) is 26.8 Å². The Morgan fingerprint density at radius 3 is 2.74 bits per heavy atom. The smallest absolute Gasteiger partial charge is 0.161 e. The van der Waals surface area contributed by atoms with Gasteiger partial charge >= 0.3 is 0 Å². The molecule has 1 aliphatic heterocycles. The Balaban J connectivity index is 1.93. The molecule has 106 valence electrons. The van der Waals surface area contributed by atoms with Crippen molar-refractivity contribution < 1.29 is 9.47 Å². The van der Waals surface area contributed by atoms with Gasteiger partial charge in [0.15, 0.2) is 11.5 Å². The van der Waals surface area contributed by atoms with Gasteiger partial charge in [-0.15, -0.1) is 0 Å². The monoisotopic (exact) mass is 264 g/mol. The van der Waals surface area contributed by atoms with Gasteiger partial charge in [-0.05, 0) is 50.6 Å². The van der Waals surface area contributed by atoms with Crippen molar-refractivity contribution in [3.8, 4) is 11.5 Å². The van der Waals surface area contributed by atoms with Crippen molar-refractivity contribution in [2.45, 2.75) is 32.4 Å². The third kappa shape index (κ3) is 4.11. The summed E-state index contributed by atoms with van der Waals surface area (Å²) < 4.78 is 10.9. The van der Waals surface area contributed by atoms with Crippen LogP contribution in [0.4, 0.5) is 0 Å². The number of benzene rings is 1. The molecular formula is C15H24N2O2. The third-order valence-corrected chi connectivity index (χ3v) is 3.46. The Hall–Kier alpha value is -1.26. The van der Waals surface area contributed by atoms with Gasteiger partial charge in [-0.1, -0.05) is 6.07 Å². The van der Waals surface area contributed by atoms with E-state index in [1.165, 1.54) is 18.4 Å². The average Bonchev–Trinajstić information content (AvgIpc) is 2.47. The van der Waals surface area contributed by atoms with Crippen LogP contribution in [-0.4, -0.2) is 32.8 Å². The third-order valence-electron chi connectivity index (χ3n) is 3.46. The zero-order valence-electron chi connectivity index (χ0n) is 11.9. The Kier molecular flexibility index (Phi) is 5.48. The molecule has 4 heteroatoms. The summed E-state index contributed by atoms with van der Waals surface area (Å²) in [6, 6.07) is 6.76. The van der Waals surface area contributed by atoms with Crippen LogP contribution in [0.1, 0.15) is 25.3 Å². The summed E-state index contributed by atoms with van der Waals surface area (Å²) in [7, 11) is 1.67. The van der Waals surface area contributed by atoms with Gasteiger partial charge in [0.2, 0.25) is 0 Å². The van der Waals surface area contributed by atoms with Crippen LogP contribution in [-0.2, 0) is 6.54 Å². The molecule has 4 nitrogen and oxygen atoms in total. The largest absolute Gasteiger partial charge is 0.493 e. The lowest BCUT2D eigenvalue weighted by atomic mass is 10.1. The Morgan fingerprint density at radius 2 is 2.05 bits per heavy atom. The molecule has 1 fully saturated rings. The predicted octanol–water partition coefficient (Wildman–Crippen LogP) is 1.94. The predicted molar refractivity (Wildman–Crippen MR) is 76.9 cm³/mol. The van der Waals surface area contributed by atoms with E-state index in [9.17, 15) is 0 Å². The number of hydrogen-bond acceptors (Lipinski definition) is 4. The van der Waals surface area contributed by atoms with Gasteiger partial charge in [0.1, 0.15) is 0 Å². The highest BCUT2D eigenvalue weighted by molar-refractivity contribution is 5.42. The lowest BCUT2D eigenvalue weighted by Gasteiger charge is -2.24. The van der Waals surface area contributed by atoms with Crippen molar-refractivity contribution in [3.05, 3.63) is 23.8 Å². The van der Waals surface area contributed by atoms with E-state index in [1.54, 1.807) is 7.11 Å². The highest BCUT2D eigenvalue weighted by Crippen LogP contribution is 2.28.